The smallest absolute Gasteiger partial charge is 0.417 e. The number of nitrogens with zero attached hydrogens (tertiary/aromatic N) is 1. The number of allylic oxidation sites excluding steroid dienone is 1. The van der Waals surface area contributed by atoms with Crippen LogP contribution in [0.2, 0.25) is 0 Å². The van der Waals surface area contributed by atoms with Gasteiger partial charge in [0.05, 0.1) is 18.1 Å². The van der Waals surface area contributed by atoms with Crippen molar-refractivity contribution >= 4 is 12.0 Å². The van der Waals surface area contributed by atoms with Gasteiger partial charge < -0.3 is 9.84 Å². The molecule has 0 radical (unpaired) electrons. The Morgan fingerprint density at radius 1 is 1.35 bits per heavy atom. The molecule has 1 aliphatic rings. The zero-order valence-corrected chi connectivity index (χ0v) is 13.9. The van der Waals surface area contributed by atoms with Crippen molar-refractivity contribution in [1.29, 1.82) is 0 Å². The Bertz CT molecular complexity index is 611. The van der Waals surface area contributed by atoms with Gasteiger partial charge in [-0.05, 0) is 31.9 Å². The van der Waals surface area contributed by atoms with E-state index in [1.807, 2.05) is 30.3 Å². The largest absolute Gasteiger partial charge is 0.439 e. The first-order valence-electron chi connectivity index (χ1n) is 7.78. The number of carbonyl (C=O) groups is 2. The Labute approximate surface area is 136 Å². The first kappa shape index (κ1) is 17.2. The average molecular weight is 317 g/mol. The molecule has 1 aromatic rings. The number of benzene rings is 1. The first-order chi connectivity index (χ1) is 10.9. The van der Waals surface area contributed by atoms with E-state index >= 15 is 0 Å². The molecule has 1 fully saturated rings. The van der Waals surface area contributed by atoms with Crippen LogP contribution in [0, 0.1) is 5.92 Å². The number of aliphatic hydroxyl groups is 1. The van der Waals surface area contributed by atoms with Crippen LogP contribution in [0.1, 0.15) is 39.4 Å². The molecule has 124 valence electrons. The highest BCUT2D eigenvalue weighted by molar-refractivity contribution is 5.95. The van der Waals surface area contributed by atoms with Crippen molar-refractivity contribution in [3.05, 3.63) is 47.5 Å². The Morgan fingerprint density at radius 3 is 2.52 bits per heavy atom. The molecule has 2 rings (SSSR count). The lowest BCUT2D eigenvalue weighted by Crippen LogP contribution is -2.44. The van der Waals surface area contributed by atoms with Crippen LogP contribution < -0.4 is 0 Å². The highest BCUT2D eigenvalue weighted by Gasteiger charge is 2.45. The van der Waals surface area contributed by atoms with Crippen molar-refractivity contribution in [2.45, 2.75) is 45.9 Å². The molecule has 2 amide bonds. The molecule has 0 aliphatic carbocycles. The van der Waals surface area contributed by atoms with E-state index in [9.17, 15) is 14.7 Å². The maximum absolute atomic E-state index is 12.6. The fourth-order valence-electron chi connectivity index (χ4n) is 2.77. The minimum absolute atomic E-state index is 0.419. The van der Waals surface area contributed by atoms with Gasteiger partial charge in [-0.15, -0.1) is 0 Å². The number of cyclic esters (lactones) is 1. The maximum Gasteiger partial charge on any atom is 0.417 e. The molecule has 0 unspecified atom stereocenters. The summed E-state index contributed by atoms with van der Waals surface area (Å²) in [5, 5.41) is 10.2. The molecule has 4 atom stereocenters. The zero-order chi connectivity index (χ0) is 17.1. The molecule has 5 heteroatoms. The summed E-state index contributed by atoms with van der Waals surface area (Å²) in [7, 11) is 0. The number of aliphatic hydroxyl groups excluding tert-OH is 1. The second-order valence-corrected chi connectivity index (χ2v) is 5.93. The molecule has 0 spiro atoms. The van der Waals surface area contributed by atoms with Crippen LogP contribution in [-0.4, -0.2) is 34.2 Å². The number of carbonyl (C=O) groups excluding carboxylic acids is 2. The van der Waals surface area contributed by atoms with E-state index in [1.54, 1.807) is 33.8 Å². The predicted molar refractivity (Wildman–Crippen MR) is 86.6 cm³/mol. The lowest BCUT2D eigenvalue weighted by atomic mass is 9.95. The summed E-state index contributed by atoms with van der Waals surface area (Å²) in [6, 6.07) is 8.92. The topological polar surface area (TPSA) is 66.8 Å². The van der Waals surface area contributed by atoms with E-state index in [0.29, 0.717) is 5.57 Å². The third-order valence-corrected chi connectivity index (χ3v) is 4.42. The third-order valence-electron chi connectivity index (χ3n) is 4.42. The van der Waals surface area contributed by atoms with Gasteiger partial charge in [0.25, 0.3) is 0 Å². The van der Waals surface area contributed by atoms with Gasteiger partial charge in [-0.2, -0.15) is 0 Å². The molecule has 0 bridgehead atoms. The molecule has 1 saturated heterocycles. The Kier molecular flexibility index (Phi) is 5.21. The highest BCUT2D eigenvalue weighted by Crippen LogP contribution is 2.33. The summed E-state index contributed by atoms with van der Waals surface area (Å²) in [4.78, 5) is 25.9. The molecule has 5 nitrogen and oxygen atoms in total. The predicted octanol–water partition coefficient (Wildman–Crippen LogP) is 3.06. The molecule has 1 heterocycles. The average Bonchev–Trinajstić information content (AvgIpc) is 2.87. The number of amides is 2. The van der Waals surface area contributed by atoms with Gasteiger partial charge in [-0.3, -0.25) is 4.79 Å². The number of imide groups is 1. The second kappa shape index (κ2) is 6.96. The number of hydrogen-bond donors (Lipinski definition) is 1. The van der Waals surface area contributed by atoms with Crippen LogP contribution in [0.25, 0.3) is 0 Å². The fourth-order valence-corrected chi connectivity index (χ4v) is 2.77. The van der Waals surface area contributed by atoms with Gasteiger partial charge in [0, 0.05) is 0 Å². The van der Waals surface area contributed by atoms with Crippen LogP contribution >= 0.6 is 0 Å². The van der Waals surface area contributed by atoms with Gasteiger partial charge in [0.15, 0.2) is 0 Å². The van der Waals surface area contributed by atoms with Crippen molar-refractivity contribution < 1.29 is 19.4 Å². The lowest BCUT2D eigenvalue weighted by molar-refractivity contribution is -0.135. The van der Waals surface area contributed by atoms with E-state index in [0.717, 1.165) is 10.5 Å². The summed E-state index contributed by atoms with van der Waals surface area (Å²) in [6.45, 7) is 6.96. The molecular formula is C18H23NO4. The number of ether oxygens (including phenoxy) is 1. The van der Waals surface area contributed by atoms with Gasteiger partial charge in [0.1, 0.15) is 6.10 Å². The molecular weight excluding hydrogens is 294 g/mol. The minimum Gasteiger partial charge on any atom is -0.439 e. The molecule has 0 aromatic heterocycles. The van der Waals surface area contributed by atoms with E-state index in [4.69, 9.17) is 4.74 Å². The normalized spacial score (nSPS) is 24.3. The second-order valence-electron chi connectivity index (χ2n) is 5.93. The summed E-state index contributed by atoms with van der Waals surface area (Å²) >= 11 is 0. The fraction of sp³-hybridized carbons (Fsp3) is 0.444. The van der Waals surface area contributed by atoms with E-state index in [2.05, 4.69) is 0 Å². The zero-order valence-electron chi connectivity index (χ0n) is 13.9. The van der Waals surface area contributed by atoms with Gasteiger partial charge in [-0.1, -0.05) is 43.3 Å². The molecule has 0 saturated carbocycles. The van der Waals surface area contributed by atoms with Gasteiger partial charge in [-0.25, -0.2) is 9.69 Å². The lowest BCUT2D eigenvalue weighted by Gasteiger charge is -2.25. The maximum atomic E-state index is 12.6. The van der Waals surface area contributed by atoms with Crippen molar-refractivity contribution in [2.75, 3.05) is 0 Å². The number of rotatable bonds is 4. The summed E-state index contributed by atoms with van der Waals surface area (Å²) in [6.07, 6.45) is -0.302. The molecule has 1 aromatic carbocycles. The van der Waals surface area contributed by atoms with Crippen LogP contribution in [0.15, 0.2) is 42.0 Å². The standard InChI is InChI=1S/C18H23NO4/c1-5-11(2)15(20)12(3)17(21)19-13(4)16(23-18(19)22)14-9-7-6-8-10-14/h5-10,12-13,15-16,20H,1-4H3/b11-5+/t12-,13-,15+,16-/m1/s1. The van der Waals surface area contributed by atoms with Crippen LogP contribution in [0.5, 0.6) is 0 Å². The Balaban J connectivity index is 2.20. The molecule has 23 heavy (non-hydrogen) atoms. The van der Waals surface area contributed by atoms with E-state index in [-0.39, 0.29) is 0 Å². The van der Waals surface area contributed by atoms with Crippen molar-refractivity contribution in [2.24, 2.45) is 5.92 Å². The SMILES string of the molecule is C/C=C(\C)[C@H](O)[C@@H](C)C(=O)N1C(=O)O[C@@H](c2ccccc2)[C@H]1C. The van der Waals surface area contributed by atoms with Crippen LogP contribution in [-0.2, 0) is 9.53 Å². The van der Waals surface area contributed by atoms with E-state index in [1.165, 1.54) is 0 Å². The summed E-state index contributed by atoms with van der Waals surface area (Å²) < 4.78 is 5.38. The quantitative estimate of drug-likeness (QED) is 0.867. The Morgan fingerprint density at radius 2 is 1.96 bits per heavy atom. The monoisotopic (exact) mass is 317 g/mol. The highest BCUT2D eigenvalue weighted by atomic mass is 16.6. The van der Waals surface area contributed by atoms with Gasteiger partial charge >= 0.3 is 6.09 Å². The van der Waals surface area contributed by atoms with Crippen molar-refractivity contribution in [3.63, 3.8) is 0 Å². The first-order valence-corrected chi connectivity index (χ1v) is 7.78. The van der Waals surface area contributed by atoms with Crippen LogP contribution in [0.4, 0.5) is 4.79 Å². The summed E-state index contributed by atoms with van der Waals surface area (Å²) in [5.74, 6) is -1.13. The van der Waals surface area contributed by atoms with Crippen molar-refractivity contribution in [1.82, 2.24) is 4.90 Å². The Hall–Kier alpha value is -2.14. The minimum atomic E-state index is -0.914. The molecule has 1 aliphatic heterocycles. The molecule has 1 N–H and O–H groups in total. The van der Waals surface area contributed by atoms with Crippen LogP contribution in [0.3, 0.4) is 0 Å². The third kappa shape index (κ3) is 3.29. The number of hydrogen-bond acceptors (Lipinski definition) is 4. The van der Waals surface area contributed by atoms with Gasteiger partial charge in [0.2, 0.25) is 5.91 Å². The van der Waals surface area contributed by atoms with E-state index < -0.39 is 36.2 Å². The summed E-state index contributed by atoms with van der Waals surface area (Å²) in [5.41, 5.74) is 1.55. The van der Waals surface area contributed by atoms with Crippen molar-refractivity contribution in [3.8, 4) is 0 Å².